The average molecular weight is 457 g/mol. The number of hydrogen-bond acceptors (Lipinski definition) is 6. The number of benzene rings is 1. The Morgan fingerprint density at radius 2 is 1.82 bits per heavy atom. The zero-order chi connectivity index (χ0) is 23.2. The van der Waals surface area contributed by atoms with Crippen LogP contribution in [0.1, 0.15) is 24.1 Å². The second-order valence-electron chi connectivity index (χ2n) is 11.2. The van der Waals surface area contributed by atoms with Gasteiger partial charge in [-0.05, 0) is 49.4 Å². The van der Waals surface area contributed by atoms with Crippen molar-refractivity contribution in [3.05, 3.63) is 64.1 Å². The Balaban J connectivity index is 1.18. The Bertz CT molecular complexity index is 1350. The summed E-state index contributed by atoms with van der Waals surface area (Å²) >= 11 is 0. The molecule has 7 heteroatoms. The molecule has 1 spiro atoms. The third-order valence-electron chi connectivity index (χ3n) is 8.62. The largest absolute Gasteiger partial charge is 0.370 e. The van der Waals surface area contributed by atoms with Crippen molar-refractivity contribution in [1.29, 1.82) is 0 Å². The SMILES string of the molecule is CC1CN(c2cc(=O)n(C)c3ncccc23)CC2c3ccc(N4CC5(CN(C)C5)C4)cc3CN12. The van der Waals surface area contributed by atoms with E-state index in [4.69, 9.17) is 0 Å². The highest BCUT2D eigenvalue weighted by Gasteiger charge is 2.50. The Hall–Kier alpha value is -2.90. The van der Waals surface area contributed by atoms with Crippen molar-refractivity contribution in [1.82, 2.24) is 19.4 Å². The first-order valence-corrected chi connectivity index (χ1v) is 12.4. The summed E-state index contributed by atoms with van der Waals surface area (Å²) in [5, 5.41) is 1.05. The van der Waals surface area contributed by atoms with Crippen molar-refractivity contribution in [2.75, 3.05) is 56.1 Å². The zero-order valence-corrected chi connectivity index (χ0v) is 20.2. The Kier molecular flexibility index (Phi) is 4.25. The molecule has 3 fully saturated rings. The third kappa shape index (κ3) is 2.89. The summed E-state index contributed by atoms with van der Waals surface area (Å²) in [4.78, 5) is 27.2. The summed E-state index contributed by atoms with van der Waals surface area (Å²) in [5.74, 6) is 0. The van der Waals surface area contributed by atoms with Gasteiger partial charge in [-0.1, -0.05) is 6.07 Å². The Morgan fingerprint density at radius 3 is 2.62 bits per heavy atom. The standard InChI is InChI=1S/C27H32N6O/c1-18-11-31(23-10-25(34)30(3)26-22(23)5-4-8-28-26)13-24-21-7-6-20(9-19(21)12-33(18)24)32-16-27(17-32)14-29(2)15-27/h4-10,18,24H,11-17H2,1-3H3. The smallest absolute Gasteiger partial charge is 0.253 e. The van der Waals surface area contributed by atoms with Gasteiger partial charge in [-0.25, -0.2) is 4.98 Å². The van der Waals surface area contributed by atoms with E-state index in [0.29, 0.717) is 17.5 Å². The predicted octanol–water partition coefficient (Wildman–Crippen LogP) is 2.45. The molecule has 34 heavy (non-hydrogen) atoms. The number of rotatable bonds is 2. The fourth-order valence-corrected chi connectivity index (χ4v) is 7.07. The molecule has 0 bridgehead atoms. The van der Waals surface area contributed by atoms with E-state index in [1.54, 1.807) is 23.9 Å². The number of piperazine rings is 1. The second kappa shape index (κ2) is 7.06. The number of nitrogens with zero attached hydrogens (tertiary/aromatic N) is 6. The molecule has 7 rings (SSSR count). The number of aromatic nitrogens is 2. The number of fused-ring (bicyclic) bond motifs is 4. The van der Waals surface area contributed by atoms with Crippen LogP contribution in [0.3, 0.4) is 0 Å². The topological polar surface area (TPSA) is 47.9 Å². The Labute approximate surface area is 200 Å². The lowest BCUT2D eigenvalue weighted by Crippen LogP contribution is -2.71. The molecule has 4 aliphatic heterocycles. The lowest BCUT2D eigenvalue weighted by atomic mass is 9.73. The first kappa shape index (κ1) is 20.5. The molecule has 0 saturated carbocycles. The van der Waals surface area contributed by atoms with Crippen molar-refractivity contribution in [2.24, 2.45) is 12.5 Å². The van der Waals surface area contributed by atoms with Crippen LogP contribution < -0.4 is 15.4 Å². The monoisotopic (exact) mass is 456 g/mol. The minimum absolute atomic E-state index is 0.00211. The van der Waals surface area contributed by atoms with Crippen LogP contribution in [0.5, 0.6) is 0 Å². The van der Waals surface area contributed by atoms with Gasteiger partial charge in [0.1, 0.15) is 5.65 Å². The predicted molar refractivity (Wildman–Crippen MR) is 136 cm³/mol. The quantitative estimate of drug-likeness (QED) is 0.591. The maximum Gasteiger partial charge on any atom is 0.253 e. The van der Waals surface area contributed by atoms with Gasteiger partial charge in [-0.2, -0.15) is 0 Å². The minimum Gasteiger partial charge on any atom is -0.370 e. The number of anilines is 2. The molecule has 3 saturated heterocycles. The highest BCUT2D eigenvalue weighted by molar-refractivity contribution is 5.89. The van der Waals surface area contributed by atoms with Gasteiger partial charge in [-0.3, -0.25) is 14.3 Å². The van der Waals surface area contributed by atoms with Crippen LogP contribution in [0.15, 0.2) is 47.4 Å². The van der Waals surface area contributed by atoms with Gasteiger partial charge in [0.2, 0.25) is 0 Å². The van der Waals surface area contributed by atoms with Crippen molar-refractivity contribution in [2.45, 2.75) is 25.6 Å². The molecular formula is C27H32N6O. The molecule has 176 valence electrons. The van der Waals surface area contributed by atoms with Crippen LogP contribution >= 0.6 is 0 Å². The van der Waals surface area contributed by atoms with Crippen LogP contribution in [-0.4, -0.2) is 71.7 Å². The molecule has 6 heterocycles. The van der Waals surface area contributed by atoms with Gasteiger partial charge in [-0.15, -0.1) is 0 Å². The minimum atomic E-state index is -0.00211. The molecule has 0 aliphatic carbocycles. The summed E-state index contributed by atoms with van der Waals surface area (Å²) in [5.41, 5.74) is 6.61. The highest BCUT2D eigenvalue weighted by atomic mass is 16.1. The summed E-state index contributed by atoms with van der Waals surface area (Å²) in [6.07, 6.45) is 1.76. The van der Waals surface area contributed by atoms with Gasteiger partial charge < -0.3 is 14.7 Å². The van der Waals surface area contributed by atoms with E-state index in [1.165, 1.54) is 43.0 Å². The molecule has 4 aliphatic rings. The average Bonchev–Trinajstić information content (AvgIpc) is 3.16. The summed E-state index contributed by atoms with van der Waals surface area (Å²) < 4.78 is 1.65. The zero-order valence-electron chi connectivity index (χ0n) is 20.2. The maximum atomic E-state index is 12.7. The van der Waals surface area contributed by atoms with E-state index >= 15 is 0 Å². The molecule has 2 unspecified atom stereocenters. The van der Waals surface area contributed by atoms with E-state index in [2.05, 4.69) is 62.8 Å². The lowest BCUT2D eigenvalue weighted by Gasteiger charge is -2.60. The summed E-state index contributed by atoms with van der Waals surface area (Å²) in [6, 6.07) is 13.7. The van der Waals surface area contributed by atoms with Crippen molar-refractivity contribution in [3.63, 3.8) is 0 Å². The molecular weight excluding hydrogens is 424 g/mol. The van der Waals surface area contributed by atoms with Crippen LogP contribution in [0.25, 0.3) is 11.0 Å². The Morgan fingerprint density at radius 1 is 1.00 bits per heavy atom. The second-order valence-corrected chi connectivity index (χ2v) is 11.2. The van der Waals surface area contributed by atoms with E-state index in [9.17, 15) is 4.79 Å². The molecule has 1 aromatic carbocycles. The third-order valence-corrected chi connectivity index (χ3v) is 8.62. The van der Waals surface area contributed by atoms with E-state index in [0.717, 1.165) is 36.4 Å². The van der Waals surface area contributed by atoms with Crippen LogP contribution in [-0.2, 0) is 13.6 Å². The normalized spacial score (nSPS) is 25.9. The van der Waals surface area contributed by atoms with Crippen LogP contribution in [0.2, 0.25) is 0 Å². The van der Waals surface area contributed by atoms with E-state index in [1.807, 2.05) is 6.07 Å². The molecule has 0 radical (unpaired) electrons. The fraction of sp³-hybridized carbons (Fsp3) is 0.481. The van der Waals surface area contributed by atoms with Crippen LogP contribution in [0.4, 0.5) is 11.4 Å². The molecule has 7 nitrogen and oxygen atoms in total. The van der Waals surface area contributed by atoms with E-state index < -0.39 is 0 Å². The molecule has 2 aromatic heterocycles. The van der Waals surface area contributed by atoms with Crippen molar-refractivity contribution in [3.8, 4) is 0 Å². The van der Waals surface area contributed by atoms with Gasteiger partial charge in [0.05, 0.1) is 11.7 Å². The summed E-state index contributed by atoms with van der Waals surface area (Å²) in [6.45, 7) is 10.0. The number of likely N-dealkylation sites (tertiary alicyclic amines) is 1. The summed E-state index contributed by atoms with van der Waals surface area (Å²) in [7, 11) is 4.02. The van der Waals surface area contributed by atoms with Crippen molar-refractivity contribution < 1.29 is 0 Å². The lowest BCUT2D eigenvalue weighted by molar-refractivity contribution is -0.00239. The van der Waals surface area contributed by atoms with Crippen LogP contribution in [0, 0.1) is 5.41 Å². The van der Waals surface area contributed by atoms with Gasteiger partial charge in [0, 0.05) is 87.7 Å². The molecule has 0 amide bonds. The highest BCUT2D eigenvalue weighted by Crippen LogP contribution is 2.45. The molecule has 3 aromatic rings. The first-order chi connectivity index (χ1) is 16.4. The number of aryl methyl sites for hydroxylation is 1. The fourth-order valence-electron chi connectivity index (χ4n) is 7.07. The molecule has 0 N–H and O–H groups in total. The number of pyridine rings is 2. The van der Waals surface area contributed by atoms with E-state index in [-0.39, 0.29) is 5.56 Å². The molecule has 2 atom stereocenters. The van der Waals surface area contributed by atoms with Gasteiger partial charge >= 0.3 is 0 Å². The van der Waals surface area contributed by atoms with Gasteiger partial charge in [0.25, 0.3) is 5.56 Å². The maximum absolute atomic E-state index is 12.7. The first-order valence-electron chi connectivity index (χ1n) is 12.4. The van der Waals surface area contributed by atoms with Gasteiger partial charge in [0.15, 0.2) is 0 Å². The van der Waals surface area contributed by atoms with Crippen molar-refractivity contribution >= 4 is 22.4 Å². The number of hydrogen-bond donors (Lipinski definition) is 0.